The number of anilines is 2. The predicted octanol–water partition coefficient (Wildman–Crippen LogP) is 1.81. The third-order valence-electron chi connectivity index (χ3n) is 2.64. The Morgan fingerprint density at radius 1 is 1.47 bits per heavy atom. The van der Waals surface area contributed by atoms with Crippen LogP contribution in [0.3, 0.4) is 0 Å². The monoisotopic (exact) mass is 259 g/mol. The lowest BCUT2D eigenvalue weighted by atomic mass is 10.2. The lowest BCUT2D eigenvalue weighted by Crippen LogP contribution is -2.13. The molecular formula is C13H17N5O. The van der Waals surface area contributed by atoms with Crippen LogP contribution in [0.1, 0.15) is 23.0 Å². The fraction of sp³-hybridized carbons (Fsp3) is 0.308. The summed E-state index contributed by atoms with van der Waals surface area (Å²) in [5, 5.41) is 10.1. The molecule has 2 heterocycles. The molecule has 6 nitrogen and oxygen atoms in total. The van der Waals surface area contributed by atoms with Crippen LogP contribution < -0.4 is 10.6 Å². The van der Waals surface area contributed by atoms with E-state index in [2.05, 4.69) is 20.7 Å². The molecule has 19 heavy (non-hydrogen) atoms. The second-order valence-corrected chi connectivity index (χ2v) is 4.22. The van der Waals surface area contributed by atoms with E-state index in [9.17, 15) is 4.79 Å². The molecule has 0 fully saturated rings. The first kappa shape index (κ1) is 13.1. The number of aromatic nitrogens is 3. The molecule has 0 aliphatic heterocycles. The first-order valence-corrected chi connectivity index (χ1v) is 6.11. The van der Waals surface area contributed by atoms with Crippen molar-refractivity contribution >= 4 is 17.4 Å². The van der Waals surface area contributed by atoms with Crippen molar-refractivity contribution in [2.75, 3.05) is 17.2 Å². The predicted molar refractivity (Wildman–Crippen MR) is 74.3 cm³/mol. The molecule has 1 amide bonds. The summed E-state index contributed by atoms with van der Waals surface area (Å²) in [5.74, 6) is 0.524. The van der Waals surface area contributed by atoms with Crippen molar-refractivity contribution in [3.63, 3.8) is 0 Å². The Balaban J connectivity index is 2.15. The molecule has 0 bridgehead atoms. The van der Waals surface area contributed by atoms with Gasteiger partial charge in [0.05, 0.1) is 11.4 Å². The molecule has 0 saturated heterocycles. The van der Waals surface area contributed by atoms with Gasteiger partial charge in [0, 0.05) is 31.5 Å². The molecule has 6 heteroatoms. The standard InChI is InChI=1S/C13H17N5O/c1-4-14-12-7-10(5-6-15-12)13(19)16-11-8-18(3)17-9(11)2/h5-8H,4H2,1-3H3,(H,14,15)(H,16,19). The summed E-state index contributed by atoms with van der Waals surface area (Å²) in [6, 6.07) is 3.41. The van der Waals surface area contributed by atoms with Crippen molar-refractivity contribution in [3.8, 4) is 0 Å². The number of amides is 1. The zero-order valence-electron chi connectivity index (χ0n) is 11.3. The fourth-order valence-electron chi connectivity index (χ4n) is 1.77. The van der Waals surface area contributed by atoms with Gasteiger partial charge in [-0.25, -0.2) is 4.98 Å². The van der Waals surface area contributed by atoms with Crippen LogP contribution >= 0.6 is 0 Å². The Kier molecular flexibility index (Phi) is 3.79. The van der Waals surface area contributed by atoms with Gasteiger partial charge in [-0.3, -0.25) is 9.48 Å². The van der Waals surface area contributed by atoms with Gasteiger partial charge >= 0.3 is 0 Å². The fourth-order valence-corrected chi connectivity index (χ4v) is 1.77. The molecule has 2 aromatic rings. The van der Waals surface area contributed by atoms with Crippen LogP contribution in [0.2, 0.25) is 0 Å². The Hall–Kier alpha value is -2.37. The molecule has 0 radical (unpaired) electrons. The van der Waals surface area contributed by atoms with Crippen LogP contribution in [0.4, 0.5) is 11.5 Å². The first-order chi connectivity index (χ1) is 9.10. The smallest absolute Gasteiger partial charge is 0.255 e. The maximum absolute atomic E-state index is 12.1. The zero-order valence-corrected chi connectivity index (χ0v) is 11.3. The minimum atomic E-state index is -0.169. The van der Waals surface area contributed by atoms with E-state index in [0.717, 1.165) is 12.2 Å². The molecule has 0 aliphatic rings. The summed E-state index contributed by atoms with van der Waals surface area (Å²) in [6.45, 7) is 4.60. The number of nitrogens with zero attached hydrogens (tertiary/aromatic N) is 3. The number of rotatable bonds is 4. The largest absolute Gasteiger partial charge is 0.370 e. The van der Waals surface area contributed by atoms with Crippen LogP contribution in [0.25, 0.3) is 0 Å². The van der Waals surface area contributed by atoms with Crippen molar-refractivity contribution in [3.05, 3.63) is 35.8 Å². The molecule has 100 valence electrons. The van der Waals surface area contributed by atoms with E-state index in [1.807, 2.05) is 20.9 Å². The topological polar surface area (TPSA) is 71.8 Å². The Morgan fingerprint density at radius 3 is 2.89 bits per heavy atom. The van der Waals surface area contributed by atoms with Crippen LogP contribution in [-0.4, -0.2) is 27.2 Å². The normalized spacial score (nSPS) is 10.3. The second-order valence-electron chi connectivity index (χ2n) is 4.22. The Bertz CT molecular complexity index is 590. The number of aryl methyl sites for hydroxylation is 2. The number of hydrogen-bond acceptors (Lipinski definition) is 4. The second kappa shape index (κ2) is 5.51. The van der Waals surface area contributed by atoms with Crippen molar-refractivity contribution in [1.29, 1.82) is 0 Å². The van der Waals surface area contributed by atoms with Gasteiger partial charge in [-0.05, 0) is 26.0 Å². The number of carbonyl (C=O) groups excluding carboxylic acids is 1. The van der Waals surface area contributed by atoms with E-state index in [4.69, 9.17) is 0 Å². The summed E-state index contributed by atoms with van der Waals surface area (Å²) in [4.78, 5) is 16.3. The van der Waals surface area contributed by atoms with Gasteiger partial charge in [0.15, 0.2) is 0 Å². The highest BCUT2D eigenvalue weighted by molar-refractivity contribution is 6.04. The number of carbonyl (C=O) groups is 1. The molecule has 0 spiro atoms. The van der Waals surface area contributed by atoms with Crippen molar-refractivity contribution in [2.24, 2.45) is 7.05 Å². The van der Waals surface area contributed by atoms with Gasteiger partial charge in [-0.2, -0.15) is 5.10 Å². The van der Waals surface area contributed by atoms with E-state index in [-0.39, 0.29) is 5.91 Å². The van der Waals surface area contributed by atoms with Crippen LogP contribution in [0.5, 0.6) is 0 Å². The summed E-state index contributed by atoms with van der Waals surface area (Å²) >= 11 is 0. The number of hydrogen-bond donors (Lipinski definition) is 2. The minimum Gasteiger partial charge on any atom is -0.370 e. The molecule has 0 aromatic carbocycles. The average Bonchev–Trinajstić information content (AvgIpc) is 2.68. The number of pyridine rings is 1. The van der Waals surface area contributed by atoms with Crippen molar-refractivity contribution in [1.82, 2.24) is 14.8 Å². The van der Waals surface area contributed by atoms with Crippen LogP contribution in [-0.2, 0) is 7.05 Å². The Labute approximate surface area is 111 Å². The van der Waals surface area contributed by atoms with E-state index in [0.29, 0.717) is 17.1 Å². The molecule has 0 aliphatic carbocycles. The minimum absolute atomic E-state index is 0.169. The molecule has 0 unspecified atom stereocenters. The van der Waals surface area contributed by atoms with Crippen LogP contribution in [0.15, 0.2) is 24.5 Å². The van der Waals surface area contributed by atoms with Gasteiger partial charge < -0.3 is 10.6 Å². The molecule has 2 N–H and O–H groups in total. The SMILES string of the molecule is CCNc1cc(C(=O)Nc2cn(C)nc2C)ccn1. The zero-order chi connectivity index (χ0) is 13.8. The lowest BCUT2D eigenvalue weighted by molar-refractivity contribution is 0.102. The molecule has 2 rings (SSSR count). The third-order valence-corrected chi connectivity index (χ3v) is 2.64. The number of nitrogens with one attached hydrogen (secondary N) is 2. The average molecular weight is 259 g/mol. The maximum atomic E-state index is 12.1. The highest BCUT2D eigenvalue weighted by atomic mass is 16.1. The highest BCUT2D eigenvalue weighted by Crippen LogP contribution is 2.14. The van der Waals surface area contributed by atoms with Crippen molar-refractivity contribution < 1.29 is 4.79 Å². The van der Waals surface area contributed by atoms with E-state index in [1.165, 1.54) is 0 Å². The molecule has 2 aromatic heterocycles. The van der Waals surface area contributed by atoms with E-state index in [1.54, 1.807) is 29.2 Å². The van der Waals surface area contributed by atoms with Crippen LogP contribution in [0, 0.1) is 6.92 Å². The van der Waals surface area contributed by atoms with Gasteiger partial charge in [0.2, 0.25) is 0 Å². The van der Waals surface area contributed by atoms with Gasteiger partial charge in [-0.1, -0.05) is 0 Å². The Morgan fingerprint density at radius 2 is 2.26 bits per heavy atom. The third kappa shape index (κ3) is 3.09. The van der Waals surface area contributed by atoms with E-state index < -0.39 is 0 Å². The van der Waals surface area contributed by atoms with Gasteiger partial charge in [0.25, 0.3) is 5.91 Å². The molecule has 0 saturated carbocycles. The highest BCUT2D eigenvalue weighted by Gasteiger charge is 2.10. The quantitative estimate of drug-likeness (QED) is 0.878. The van der Waals surface area contributed by atoms with Crippen molar-refractivity contribution in [2.45, 2.75) is 13.8 Å². The van der Waals surface area contributed by atoms with Gasteiger partial charge in [-0.15, -0.1) is 0 Å². The summed E-state index contributed by atoms with van der Waals surface area (Å²) < 4.78 is 1.67. The van der Waals surface area contributed by atoms with E-state index >= 15 is 0 Å². The first-order valence-electron chi connectivity index (χ1n) is 6.11. The molecular weight excluding hydrogens is 242 g/mol. The van der Waals surface area contributed by atoms with Gasteiger partial charge in [0.1, 0.15) is 5.82 Å². The lowest BCUT2D eigenvalue weighted by Gasteiger charge is -2.06. The molecule has 0 atom stereocenters. The summed E-state index contributed by atoms with van der Waals surface area (Å²) in [5.41, 5.74) is 2.07. The maximum Gasteiger partial charge on any atom is 0.255 e. The summed E-state index contributed by atoms with van der Waals surface area (Å²) in [6.07, 6.45) is 3.39. The summed E-state index contributed by atoms with van der Waals surface area (Å²) in [7, 11) is 1.82.